The van der Waals surface area contributed by atoms with Gasteiger partial charge in [-0.25, -0.2) is 0 Å². The molecule has 0 unspecified atom stereocenters. The summed E-state index contributed by atoms with van der Waals surface area (Å²) in [6, 6.07) is 22.8. The molecular weight excluding hydrogens is 456 g/mol. The summed E-state index contributed by atoms with van der Waals surface area (Å²) in [5.74, 6) is 0.575. The third-order valence-electron chi connectivity index (χ3n) is 5.92. The molecule has 1 amide bonds. The van der Waals surface area contributed by atoms with Gasteiger partial charge in [-0.15, -0.1) is 11.8 Å². The van der Waals surface area contributed by atoms with Crippen molar-refractivity contribution in [3.05, 3.63) is 89.0 Å². The van der Waals surface area contributed by atoms with E-state index in [1.807, 2.05) is 30.3 Å². The lowest BCUT2D eigenvalue weighted by Gasteiger charge is -2.10. The van der Waals surface area contributed by atoms with Crippen molar-refractivity contribution < 1.29 is 14.3 Å². The zero-order chi connectivity index (χ0) is 24.6. The Labute approximate surface area is 211 Å². The van der Waals surface area contributed by atoms with Crippen molar-refractivity contribution in [3.63, 3.8) is 0 Å². The monoisotopic (exact) mass is 486 g/mol. The third-order valence-corrected chi connectivity index (χ3v) is 7.01. The summed E-state index contributed by atoms with van der Waals surface area (Å²) in [5, 5.41) is 6.26. The molecule has 0 saturated heterocycles. The van der Waals surface area contributed by atoms with Gasteiger partial charge in [0.1, 0.15) is 0 Å². The maximum absolute atomic E-state index is 13.1. The van der Waals surface area contributed by atoms with Crippen molar-refractivity contribution in [2.45, 2.75) is 31.2 Å². The minimum Gasteiger partial charge on any atom is -0.469 e. The zero-order valence-corrected chi connectivity index (χ0v) is 20.9. The van der Waals surface area contributed by atoms with Crippen molar-refractivity contribution in [3.8, 4) is 11.1 Å². The quantitative estimate of drug-likeness (QED) is 0.310. The SMILES string of the molecule is COC(=O)CCNCc1ccc(NC(=O)C2=Cc3cc(-c4ccc(C)cc4)ccc3SCC2)cc1. The molecule has 3 aromatic carbocycles. The van der Waals surface area contributed by atoms with E-state index in [4.69, 9.17) is 0 Å². The molecule has 0 atom stereocenters. The Kier molecular flexibility index (Phi) is 8.40. The van der Waals surface area contributed by atoms with E-state index in [0.29, 0.717) is 25.9 Å². The fraction of sp³-hybridized carbons (Fsp3) is 0.241. The van der Waals surface area contributed by atoms with Gasteiger partial charge >= 0.3 is 5.97 Å². The standard InChI is InChI=1S/C29H30N2O3S/c1-20-3-7-22(8-4-20)23-9-12-27-25(17-23)18-24(14-16-35-27)29(33)31-26-10-5-21(6-11-26)19-30-15-13-28(32)34-2/h3-12,17-18,30H,13-16,19H2,1-2H3,(H,31,33). The summed E-state index contributed by atoms with van der Waals surface area (Å²) >= 11 is 1.79. The van der Waals surface area contributed by atoms with Crippen LogP contribution in [0.15, 0.2) is 77.2 Å². The molecule has 0 saturated carbocycles. The fourth-order valence-corrected chi connectivity index (χ4v) is 4.86. The van der Waals surface area contributed by atoms with Gasteiger partial charge in [0, 0.05) is 35.0 Å². The molecule has 1 heterocycles. The number of thioether (sulfide) groups is 1. The van der Waals surface area contributed by atoms with Crippen LogP contribution in [-0.4, -0.2) is 31.3 Å². The second-order valence-corrected chi connectivity index (χ2v) is 9.68. The van der Waals surface area contributed by atoms with E-state index in [1.165, 1.54) is 23.1 Å². The van der Waals surface area contributed by atoms with Gasteiger partial charge in [0.2, 0.25) is 0 Å². The van der Waals surface area contributed by atoms with Gasteiger partial charge in [-0.05, 0) is 65.9 Å². The molecule has 2 N–H and O–H groups in total. The molecule has 1 aliphatic heterocycles. The fourth-order valence-electron chi connectivity index (χ4n) is 3.87. The number of amides is 1. The van der Waals surface area contributed by atoms with Crippen LogP contribution in [0.3, 0.4) is 0 Å². The van der Waals surface area contributed by atoms with Crippen molar-refractivity contribution in [1.82, 2.24) is 5.32 Å². The highest BCUT2D eigenvalue weighted by Gasteiger charge is 2.16. The summed E-state index contributed by atoms with van der Waals surface area (Å²) in [7, 11) is 1.39. The Morgan fingerprint density at radius 2 is 1.71 bits per heavy atom. The van der Waals surface area contributed by atoms with Crippen LogP contribution in [-0.2, 0) is 20.9 Å². The Morgan fingerprint density at radius 1 is 0.971 bits per heavy atom. The van der Waals surface area contributed by atoms with Gasteiger partial charge in [0.05, 0.1) is 13.5 Å². The van der Waals surface area contributed by atoms with E-state index in [2.05, 4.69) is 64.8 Å². The Balaban J connectivity index is 1.41. The number of rotatable bonds is 8. The van der Waals surface area contributed by atoms with Gasteiger partial charge in [-0.3, -0.25) is 9.59 Å². The molecule has 0 aromatic heterocycles. The third kappa shape index (κ3) is 6.84. The van der Waals surface area contributed by atoms with Crippen molar-refractivity contribution in [1.29, 1.82) is 0 Å². The van der Waals surface area contributed by atoms with E-state index in [1.54, 1.807) is 11.8 Å². The number of hydrogen-bond donors (Lipinski definition) is 2. The average Bonchev–Trinajstić information content (AvgIpc) is 3.10. The molecule has 0 aliphatic carbocycles. The second-order valence-electron chi connectivity index (χ2n) is 8.54. The van der Waals surface area contributed by atoms with Crippen LogP contribution in [0.1, 0.15) is 29.5 Å². The number of nitrogens with one attached hydrogen (secondary N) is 2. The molecule has 0 spiro atoms. The summed E-state index contributed by atoms with van der Waals surface area (Å²) in [6.07, 6.45) is 3.09. The molecule has 0 bridgehead atoms. The Hall–Kier alpha value is -3.35. The lowest BCUT2D eigenvalue weighted by atomic mass is 10.0. The minimum absolute atomic E-state index is 0.0665. The van der Waals surface area contributed by atoms with E-state index in [-0.39, 0.29) is 11.9 Å². The number of fused-ring (bicyclic) bond motifs is 1. The lowest BCUT2D eigenvalue weighted by molar-refractivity contribution is -0.140. The number of anilines is 1. The molecule has 0 radical (unpaired) electrons. The maximum atomic E-state index is 13.1. The zero-order valence-electron chi connectivity index (χ0n) is 20.1. The van der Waals surface area contributed by atoms with Crippen molar-refractivity contribution in [2.24, 2.45) is 0 Å². The van der Waals surface area contributed by atoms with Crippen molar-refractivity contribution >= 4 is 35.4 Å². The topological polar surface area (TPSA) is 67.4 Å². The summed E-state index contributed by atoms with van der Waals surface area (Å²) in [4.78, 5) is 25.4. The number of methoxy groups -OCH3 is 1. The molecule has 4 rings (SSSR count). The number of ether oxygens (including phenoxy) is 1. The summed E-state index contributed by atoms with van der Waals surface area (Å²) in [5.41, 5.74) is 7.27. The van der Waals surface area contributed by atoms with Crippen LogP contribution in [0.2, 0.25) is 0 Å². The predicted octanol–water partition coefficient (Wildman–Crippen LogP) is 5.83. The first-order valence-corrected chi connectivity index (χ1v) is 12.7. The van der Waals surface area contributed by atoms with E-state index < -0.39 is 0 Å². The second kappa shape index (κ2) is 11.9. The number of carbonyl (C=O) groups is 2. The highest BCUT2D eigenvalue weighted by molar-refractivity contribution is 7.99. The van der Waals surface area contributed by atoms with E-state index >= 15 is 0 Å². The van der Waals surface area contributed by atoms with Crippen LogP contribution < -0.4 is 10.6 Å². The summed E-state index contributed by atoms with van der Waals surface area (Å²) in [6.45, 7) is 3.29. The van der Waals surface area contributed by atoms with E-state index in [0.717, 1.165) is 33.7 Å². The van der Waals surface area contributed by atoms with Gasteiger partial charge in [0.15, 0.2) is 0 Å². The Bertz CT molecular complexity index is 1220. The highest BCUT2D eigenvalue weighted by Crippen LogP contribution is 2.34. The minimum atomic E-state index is -0.226. The largest absolute Gasteiger partial charge is 0.469 e. The van der Waals surface area contributed by atoms with Crippen LogP contribution in [0, 0.1) is 6.92 Å². The first-order chi connectivity index (χ1) is 17.0. The maximum Gasteiger partial charge on any atom is 0.306 e. The first-order valence-electron chi connectivity index (χ1n) is 11.7. The normalized spacial score (nSPS) is 12.8. The summed E-state index contributed by atoms with van der Waals surface area (Å²) < 4.78 is 4.64. The van der Waals surface area contributed by atoms with Gasteiger partial charge < -0.3 is 15.4 Å². The molecule has 180 valence electrons. The lowest BCUT2D eigenvalue weighted by Crippen LogP contribution is -2.18. The number of benzene rings is 3. The molecule has 6 heteroatoms. The van der Waals surface area contributed by atoms with Crippen LogP contribution in [0.4, 0.5) is 5.69 Å². The molecule has 5 nitrogen and oxygen atoms in total. The van der Waals surface area contributed by atoms with Crippen molar-refractivity contribution in [2.75, 3.05) is 24.7 Å². The molecule has 0 fully saturated rings. The predicted molar refractivity (Wildman–Crippen MR) is 143 cm³/mol. The van der Waals surface area contributed by atoms with Gasteiger partial charge in [-0.2, -0.15) is 0 Å². The first kappa shape index (κ1) is 24.8. The smallest absolute Gasteiger partial charge is 0.306 e. The highest BCUT2D eigenvalue weighted by atomic mass is 32.2. The van der Waals surface area contributed by atoms with E-state index in [9.17, 15) is 9.59 Å². The number of aryl methyl sites for hydroxylation is 1. The van der Waals surface area contributed by atoms with Crippen LogP contribution in [0.5, 0.6) is 0 Å². The molecule has 35 heavy (non-hydrogen) atoms. The van der Waals surface area contributed by atoms with Crippen LogP contribution >= 0.6 is 11.8 Å². The van der Waals surface area contributed by atoms with Gasteiger partial charge in [0.25, 0.3) is 5.91 Å². The molecule has 3 aromatic rings. The Morgan fingerprint density at radius 3 is 2.46 bits per heavy atom. The number of hydrogen-bond acceptors (Lipinski definition) is 5. The molecular formula is C29H30N2O3S. The van der Waals surface area contributed by atoms with Crippen LogP contribution in [0.25, 0.3) is 17.2 Å². The number of carbonyl (C=O) groups excluding carboxylic acids is 2. The number of esters is 1. The molecule has 1 aliphatic rings. The van der Waals surface area contributed by atoms with Gasteiger partial charge in [-0.1, -0.05) is 48.0 Å². The average molecular weight is 487 g/mol.